The van der Waals surface area contributed by atoms with E-state index in [-0.39, 0.29) is 0 Å². The van der Waals surface area contributed by atoms with Crippen LogP contribution in [-0.4, -0.2) is 24.3 Å². The van der Waals surface area contributed by atoms with Crippen molar-refractivity contribution in [3.05, 3.63) is 23.8 Å². The van der Waals surface area contributed by atoms with Gasteiger partial charge in [-0.15, -0.1) is 0 Å². The SMILES string of the molecule is CC1CCNC(c2ccc3c(c2)OCO3)CS1. The molecular formula is C13H17NO2S. The van der Waals surface area contributed by atoms with Gasteiger partial charge in [-0.3, -0.25) is 0 Å². The second-order valence-electron chi connectivity index (χ2n) is 4.55. The minimum atomic E-state index is 0.350. The Hall–Kier alpha value is -0.870. The lowest BCUT2D eigenvalue weighted by Crippen LogP contribution is -2.22. The highest BCUT2D eigenvalue weighted by Crippen LogP contribution is 2.35. The normalized spacial score (nSPS) is 27.8. The van der Waals surface area contributed by atoms with Gasteiger partial charge in [0.1, 0.15) is 0 Å². The monoisotopic (exact) mass is 251 g/mol. The maximum absolute atomic E-state index is 5.43. The van der Waals surface area contributed by atoms with Gasteiger partial charge in [-0.1, -0.05) is 13.0 Å². The summed E-state index contributed by atoms with van der Waals surface area (Å²) in [5.74, 6) is 2.87. The number of fused-ring (bicyclic) bond motifs is 1. The van der Waals surface area contributed by atoms with E-state index < -0.39 is 0 Å². The molecule has 0 amide bonds. The number of hydrogen-bond donors (Lipinski definition) is 1. The number of rotatable bonds is 1. The van der Waals surface area contributed by atoms with E-state index in [0.717, 1.165) is 29.0 Å². The Labute approximate surface area is 106 Å². The van der Waals surface area contributed by atoms with E-state index in [1.54, 1.807) is 0 Å². The molecule has 2 aliphatic rings. The quantitative estimate of drug-likeness (QED) is 0.831. The van der Waals surface area contributed by atoms with Gasteiger partial charge in [0.15, 0.2) is 11.5 Å². The van der Waals surface area contributed by atoms with E-state index in [2.05, 4.69) is 24.4 Å². The molecule has 17 heavy (non-hydrogen) atoms. The molecule has 1 aromatic rings. The molecule has 1 N–H and O–H groups in total. The van der Waals surface area contributed by atoms with Gasteiger partial charge in [0.25, 0.3) is 0 Å². The molecule has 1 saturated heterocycles. The second-order valence-corrected chi connectivity index (χ2v) is 6.02. The number of thioether (sulfide) groups is 1. The molecule has 0 spiro atoms. The average molecular weight is 251 g/mol. The fourth-order valence-electron chi connectivity index (χ4n) is 2.21. The van der Waals surface area contributed by atoms with Crippen LogP contribution in [0, 0.1) is 0 Å². The van der Waals surface area contributed by atoms with E-state index in [1.807, 2.05) is 17.8 Å². The predicted octanol–water partition coefficient (Wildman–Crippen LogP) is 2.57. The zero-order valence-electron chi connectivity index (χ0n) is 9.94. The van der Waals surface area contributed by atoms with Gasteiger partial charge in [0.05, 0.1) is 0 Å². The summed E-state index contributed by atoms with van der Waals surface area (Å²) in [7, 11) is 0. The summed E-state index contributed by atoms with van der Waals surface area (Å²) in [6.45, 7) is 3.74. The summed E-state index contributed by atoms with van der Waals surface area (Å²) < 4.78 is 10.8. The molecular weight excluding hydrogens is 234 g/mol. The van der Waals surface area contributed by atoms with Crippen LogP contribution in [0.4, 0.5) is 0 Å². The van der Waals surface area contributed by atoms with Gasteiger partial charge >= 0.3 is 0 Å². The van der Waals surface area contributed by atoms with Crippen LogP contribution in [0.25, 0.3) is 0 Å². The van der Waals surface area contributed by atoms with Crippen molar-refractivity contribution in [2.45, 2.75) is 24.6 Å². The van der Waals surface area contributed by atoms with Gasteiger partial charge in [-0.05, 0) is 30.7 Å². The van der Waals surface area contributed by atoms with Crippen LogP contribution >= 0.6 is 11.8 Å². The minimum Gasteiger partial charge on any atom is -0.454 e. The standard InChI is InChI=1S/C13H17NO2S/c1-9-4-5-14-11(7-17-9)10-2-3-12-13(6-10)16-8-15-12/h2-3,6,9,11,14H,4-5,7-8H2,1H3. The number of nitrogens with one attached hydrogen (secondary N) is 1. The Balaban J connectivity index is 1.79. The molecule has 92 valence electrons. The number of ether oxygens (including phenoxy) is 2. The van der Waals surface area contributed by atoms with Crippen molar-refractivity contribution in [3.8, 4) is 11.5 Å². The van der Waals surface area contributed by atoms with Crippen molar-refractivity contribution in [3.63, 3.8) is 0 Å². The van der Waals surface area contributed by atoms with Gasteiger partial charge in [-0.2, -0.15) is 11.8 Å². The molecule has 3 nitrogen and oxygen atoms in total. The van der Waals surface area contributed by atoms with Crippen molar-refractivity contribution >= 4 is 11.8 Å². The topological polar surface area (TPSA) is 30.5 Å². The third-order valence-electron chi connectivity index (χ3n) is 3.29. The summed E-state index contributed by atoms with van der Waals surface area (Å²) in [6, 6.07) is 6.69. The van der Waals surface area contributed by atoms with Crippen LogP contribution in [0.2, 0.25) is 0 Å². The summed E-state index contributed by atoms with van der Waals surface area (Å²) in [4.78, 5) is 0. The van der Waals surface area contributed by atoms with Crippen LogP contribution in [0.3, 0.4) is 0 Å². The number of hydrogen-bond acceptors (Lipinski definition) is 4. The number of benzene rings is 1. The fraction of sp³-hybridized carbons (Fsp3) is 0.538. The molecule has 0 aromatic heterocycles. The molecule has 2 aliphatic heterocycles. The molecule has 2 unspecified atom stereocenters. The Kier molecular flexibility index (Phi) is 3.16. The Morgan fingerprint density at radius 3 is 3.12 bits per heavy atom. The van der Waals surface area contributed by atoms with Crippen molar-refractivity contribution in [1.82, 2.24) is 5.32 Å². The van der Waals surface area contributed by atoms with Crippen molar-refractivity contribution in [2.75, 3.05) is 19.1 Å². The molecule has 0 aliphatic carbocycles. The highest BCUT2D eigenvalue weighted by atomic mass is 32.2. The molecule has 2 heterocycles. The largest absolute Gasteiger partial charge is 0.454 e. The molecule has 0 saturated carbocycles. The first-order valence-corrected chi connectivity index (χ1v) is 7.12. The van der Waals surface area contributed by atoms with Crippen LogP contribution in [-0.2, 0) is 0 Å². The van der Waals surface area contributed by atoms with Gasteiger partial charge in [-0.25, -0.2) is 0 Å². The van der Waals surface area contributed by atoms with E-state index in [9.17, 15) is 0 Å². The van der Waals surface area contributed by atoms with Crippen LogP contribution in [0.1, 0.15) is 24.9 Å². The summed E-state index contributed by atoms with van der Waals surface area (Å²) in [5.41, 5.74) is 1.30. The lowest BCUT2D eigenvalue weighted by molar-refractivity contribution is 0.174. The molecule has 0 bridgehead atoms. The first-order valence-electron chi connectivity index (χ1n) is 6.07. The highest BCUT2D eigenvalue weighted by Gasteiger charge is 2.20. The smallest absolute Gasteiger partial charge is 0.231 e. The molecule has 1 aromatic carbocycles. The lowest BCUT2D eigenvalue weighted by Gasteiger charge is -2.16. The average Bonchev–Trinajstić information content (AvgIpc) is 2.70. The van der Waals surface area contributed by atoms with Crippen LogP contribution < -0.4 is 14.8 Å². The van der Waals surface area contributed by atoms with Crippen LogP contribution in [0.5, 0.6) is 11.5 Å². The summed E-state index contributed by atoms with van der Waals surface area (Å²) >= 11 is 2.04. The van der Waals surface area contributed by atoms with E-state index in [1.165, 1.54) is 12.0 Å². The van der Waals surface area contributed by atoms with Crippen molar-refractivity contribution in [2.24, 2.45) is 0 Å². The third-order valence-corrected chi connectivity index (χ3v) is 4.62. The first-order chi connectivity index (χ1) is 8.33. The second kappa shape index (κ2) is 4.78. The molecule has 0 radical (unpaired) electrons. The fourth-order valence-corrected chi connectivity index (χ4v) is 3.32. The van der Waals surface area contributed by atoms with Crippen molar-refractivity contribution in [1.29, 1.82) is 0 Å². The molecule has 2 atom stereocenters. The zero-order valence-corrected chi connectivity index (χ0v) is 10.8. The van der Waals surface area contributed by atoms with Crippen molar-refractivity contribution < 1.29 is 9.47 Å². The highest BCUT2D eigenvalue weighted by molar-refractivity contribution is 7.99. The van der Waals surface area contributed by atoms with E-state index in [4.69, 9.17) is 9.47 Å². The summed E-state index contributed by atoms with van der Waals surface area (Å²) in [6.07, 6.45) is 1.24. The summed E-state index contributed by atoms with van der Waals surface area (Å²) in [5, 5.41) is 4.35. The molecule has 3 rings (SSSR count). The maximum Gasteiger partial charge on any atom is 0.231 e. The third kappa shape index (κ3) is 2.38. The lowest BCUT2D eigenvalue weighted by atomic mass is 10.1. The zero-order chi connectivity index (χ0) is 11.7. The maximum atomic E-state index is 5.43. The molecule has 4 heteroatoms. The van der Waals surface area contributed by atoms with Crippen LogP contribution in [0.15, 0.2) is 18.2 Å². The van der Waals surface area contributed by atoms with Gasteiger partial charge in [0, 0.05) is 17.0 Å². The molecule has 1 fully saturated rings. The first kappa shape index (κ1) is 11.2. The van der Waals surface area contributed by atoms with E-state index >= 15 is 0 Å². The van der Waals surface area contributed by atoms with Gasteiger partial charge in [0.2, 0.25) is 6.79 Å². The Morgan fingerprint density at radius 2 is 2.18 bits per heavy atom. The van der Waals surface area contributed by atoms with Gasteiger partial charge < -0.3 is 14.8 Å². The minimum absolute atomic E-state index is 0.350. The predicted molar refractivity (Wildman–Crippen MR) is 69.8 cm³/mol. The Morgan fingerprint density at radius 1 is 1.29 bits per heavy atom. The van der Waals surface area contributed by atoms with E-state index in [0.29, 0.717) is 12.8 Å². The Bertz CT molecular complexity index is 410.